The molecule has 0 radical (unpaired) electrons. The number of carbonyl (C=O) groups excluding carboxylic acids is 2. The maximum Gasteiger partial charge on any atom is 0.249 e. The van der Waals surface area contributed by atoms with Crippen LogP contribution >= 0.6 is 12.4 Å². The number of carbonyl (C=O) groups is 2. The first-order valence-corrected chi connectivity index (χ1v) is 7.66. The number of rotatable bonds is 3. The highest BCUT2D eigenvalue weighted by Crippen LogP contribution is 2.26. The van der Waals surface area contributed by atoms with E-state index in [-0.39, 0.29) is 36.3 Å². The predicted molar refractivity (Wildman–Crippen MR) is 89.8 cm³/mol. The van der Waals surface area contributed by atoms with E-state index in [0.29, 0.717) is 26.2 Å². The topological polar surface area (TPSA) is 70.7 Å². The molecule has 1 aromatic rings. The molecule has 3 unspecified atom stereocenters. The van der Waals surface area contributed by atoms with Crippen LogP contribution in [0.25, 0.3) is 0 Å². The minimum absolute atomic E-state index is 0. The molecule has 2 saturated heterocycles. The highest BCUT2D eigenvalue weighted by atomic mass is 35.5. The van der Waals surface area contributed by atoms with Crippen LogP contribution in [0.2, 0.25) is 0 Å². The summed E-state index contributed by atoms with van der Waals surface area (Å²) in [6, 6.07) is 8.78. The molecule has 2 amide bonds. The van der Waals surface area contributed by atoms with Gasteiger partial charge in [0, 0.05) is 18.3 Å². The second kappa shape index (κ2) is 7.77. The molecular weight excluding hydrogens is 318 g/mol. The number of benzene rings is 1. The Bertz CT molecular complexity index is 549. The Hall–Kier alpha value is -1.63. The molecule has 1 aromatic carbocycles. The number of halogens is 1. The van der Waals surface area contributed by atoms with Crippen LogP contribution in [0.3, 0.4) is 0 Å². The molecule has 2 aliphatic rings. The number of anilines is 1. The fraction of sp³-hybridized carbons (Fsp3) is 0.500. The van der Waals surface area contributed by atoms with Gasteiger partial charge in [0.1, 0.15) is 12.1 Å². The zero-order chi connectivity index (χ0) is 15.5. The van der Waals surface area contributed by atoms with E-state index in [9.17, 15) is 9.59 Å². The summed E-state index contributed by atoms with van der Waals surface area (Å²) in [5.41, 5.74) is 0.871. The molecule has 2 fully saturated rings. The van der Waals surface area contributed by atoms with Crippen LogP contribution in [0, 0.1) is 0 Å². The molecule has 6 nitrogen and oxygen atoms in total. The van der Waals surface area contributed by atoms with Gasteiger partial charge in [0.2, 0.25) is 11.8 Å². The Kier molecular flexibility index (Phi) is 5.98. The minimum Gasteiger partial charge on any atom is -0.378 e. The first-order chi connectivity index (χ1) is 10.7. The van der Waals surface area contributed by atoms with Gasteiger partial charge in [-0.1, -0.05) is 18.2 Å². The van der Waals surface area contributed by atoms with Crippen molar-refractivity contribution in [3.8, 4) is 0 Å². The van der Waals surface area contributed by atoms with Crippen molar-refractivity contribution in [3.05, 3.63) is 30.3 Å². The molecule has 0 aromatic heterocycles. The molecule has 2 heterocycles. The van der Waals surface area contributed by atoms with Crippen molar-refractivity contribution < 1.29 is 14.3 Å². The zero-order valence-electron chi connectivity index (χ0n) is 13.0. The predicted octanol–water partition coefficient (Wildman–Crippen LogP) is 0.707. The third kappa shape index (κ3) is 3.83. The van der Waals surface area contributed by atoms with E-state index in [2.05, 4.69) is 10.6 Å². The Morgan fingerprint density at radius 2 is 2.09 bits per heavy atom. The summed E-state index contributed by atoms with van der Waals surface area (Å²) >= 11 is 0. The van der Waals surface area contributed by atoms with E-state index in [1.165, 1.54) is 0 Å². The van der Waals surface area contributed by atoms with Gasteiger partial charge in [-0.15, -0.1) is 12.4 Å². The number of hydrogen-bond donors (Lipinski definition) is 2. The van der Waals surface area contributed by atoms with Gasteiger partial charge in [-0.05, 0) is 25.5 Å². The Morgan fingerprint density at radius 3 is 2.74 bits per heavy atom. The molecule has 0 saturated carbocycles. The number of hydrogen-bond acceptors (Lipinski definition) is 4. The second-order valence-electron chi connectivity index (χ2n) is 5.77. The summed E-state index contributed by atoms with van der Waals surface area (Å²) in [6.07, 6.45) is 0.618. The summed E-state index contributed by atoms with van der Waals surface area (Å²) in [5, 5.41) is 5.96. The molecule has 7 heteroatoms. The van der Waals surface area contributed by atoms with Crippen molar-refractivity contribution >= 4 is 29.9 Å². The number of morpholine rings is 1. The fourth-order valence-electron chi connectivity index (χ4n) is 3.03. The average Bonchev–Trinajstić information content (AvgIpc) is 2.83. The maximum absolute atomic E-state index is 12.6. The molecule has 3 atom stereocenters. The SMILES string of the molecule is CC1CC(NC(=O)C2COCCN2)C(=O)N1c1ccccc1.Cl. The standard InChI is InChI=1S/C16H21N3O3.ClH/c1-11-9-13(18-15(20)14-10-22-8-7-17-14)16(21)19(11)12-5-3-2-4-6-12;/h2-6,11,13-14,17H,7-10H2,1H3,(H,18,20);1H. The summed E-state index contributed by atoms with van der Waals surface area (Å²) in [6.45, 7) is 3.62. The van der Waals surface area contributed by atoms with Gasteiger partial charge in [-0.2, -0.15) is 0 Å². The van der Waals surface area contributed by atoms with Gasteiger partial charge >= 0.3 is 0 Å². The van der Waals surface area contributed by atoms with E-state index in [1.807, 2.05) is 37.3 Å². The van der Waals surface area contributed by atoms with Gasteiger partial charge in [-0.3, -0.25) is 9.59 Å². The quantitative estimate of drug-likeness (QED) is 0.850. The van der Waals surface area contributed by atoms with E-state index in [4.69, 9.17) is 4.74 Å². The lowest BCUT2D eigenvalue weighted by Crippen LogP contribution is -2.54. The molecule has 2 aliphatic heterocycles. The smallest absolute Gasteiger partial charge is 0.249 e. The second-order valence-corrected chi connectivity index (χ2v) is 5.77. The van der Waals surface area contributed by atoms with E-state index in [0.717, 1.165) is 5.69 Å². The average molecular weight is 340 g/mol. The fourth-order valence-corrected chi connectivity index (χ4v) is 3.03. The van der Waals surface area contributed by atoms with Crippen LogP contribution < -0.4 is 15.5 Å². The lowest BCUT2D eigenvalue weighted by atomic mass is 10.1. The first-order valence-electron chi connectivity index (χ1n) is 7.66. The van der Waals surface area contributed by atoms with E-state index in [1.54, 1.807) is 4.90 Å². The van der Waals surface area contributed by atoms with Crippen molar-refractivity contribution in [2.45, 2.75) is 31.5 Å². The Balaban J connectivity index is 0.00000192. The number of amides is 2. The van der Waals surface area contributed by atoms with Crippen LogP contribution in [0.5, 0.6) is 0 Å². The Morgan fingerprint density at radius 1 is 1.35 bits per heavy atom. The van der Waals surface area contributed by atoms with Crippen molar-refractivity contribution in [2.75, 3.05) is 24.7 Å². The number of nitrogens with zero attached hydrogens (tertiary/aromatic N) is 1. The van der Waals surface area contributed by atoms with Gasteiger partial charge < -0.3 is 20.3 Å². The van der Waals surface area contributed by atoms with Crippen molar-refractivity contribution in [2.24, 2.45) is 0 Å². The molecular formula is C16H22ClN3O3. The summed E-state index contributed by atoms with van der Waals surface area (Å²) < 4.78 is 5.29. The number of para-hydroxylation sites is 1. The monoisotopic (exact) mass is 339 g/mol. The lowest BCUT2D eigenvalue weighted by Gasteiger charge is -2.24. The third-order valence-corrected chi connectivity index (χ3v) is 4.14. The highest BCUT2D eigenvalue weighted by Gasteiger charge is 2.39. The molecule has 23 heavy (non-hydrogen) atoms. The van der Waals surface area contributed by atoms with Crippen molar-refractivity contribution in [1.29, 1.82) is 0 Å². The van der Waals surface area contributed by atoms with Crippen molar-refractivity contribution in [3.63, 3.8) is 0 Å². The first kappa shape index (κ1) is 17.7. The zero-order valence-corrected chi connectivity index (χ0v) is 13.8. The molecule has 0 bridgehead atoms. The molecule has 126 valence electrons. The molecule has 0 spiro atoms. The molecule has 2 N–H and O–H groups in total. The van der Waals surface area contributed by atoms with Gasteiger partial charge in [0.15, 0.2) is 0 Å². The van der Waals surface area contributed by atoms with E-state index < -0.39 is 6.04 Å². The molecule has 0 aliphatic carbocycles. The lowest BCUT2D eigenvalue weighted by molar-refractivity contribution is -0.129. The Labute approximate surface area is 142 Å². The number of nitrogens with one attached hydrogen (secondary N) is 2. The summed E-state index contributed by atoms with van der Waals surface area (Å²) in [5.74, 6) is -0.219. The molecule has 3 rings (SSSR count). The van der Waals surface area contributed by atoms with Crippen LogP contribution in [0.15, 0.2) is 30.3 Å². The summed E-state index contributed by atoms with van der Waals surface area (Å²) in [7, 11) is 0. The van der Waals surface area contributed by atoms with Crippen LogP contribution in [0.4, 0.5) is 5.69 Å². The third-order valence-electron chi connectivity index (χ3n) is 4.14. The van der Waals surface area contributed by atoms with Crippen LogP contribution in [-0.4, -0.2) is 49.7 Å². The minimum atomic E-state index is -0.466. The number of ether oxygens (including phenoxy) is 1. The van der Waals surface area contributed by atoms with Crippen LogP contribution in [0.1, 0.15) is 13.3 Å². The summed E-state index contributed by atoms with van der Waals surface area (Å²) in [4.78, 5) is 26.6. The maximum atomic E-state index is 12.6. The van der Waals surface area contributed by atoms with Crippen LogP contribution in [-0.2, 0) is 14.3 Å². The van der Waals surface area contributed by atoms with Gasteiger partial charge in [-0.25, -0.2) is 0 Å². The van der Waals surface area contributed by atoms with E-state index >= 15 is 0 Å². The van der Waals surface area contributed by atoms with Gasteiger partial charge in [0.25, 0.3) is 0 Å². The normalized spacial score (nSPS) is 27.4. The largest absolute Gasteiger partial charge is 0.378 e. The highest BCUT2D eigenvalue weighted by molar-refractivity contribution is 6.02. The van der Waals surface area contributed by atoms with Gasteiger partial charge in [0.05, 0.1) is 13.2 Å². The van der Waals surface area contributed by atoms with Crippen molar-refractivity contribution in [1.82, 2.24) is 10.6 Å².